The Morgan fingerprint density at radius 1 is 0.725 bits per heavy atom. The molecule has 3 aliphatic heterocycles. The Kier molecular flexibility index (Phi) is 5.77. The van der Waals surface area contributed by atoms with Gasteiger partial charge in [0.05, 0.1) is 0 Å². The molecule has 0 N–H and O–H groups in total. The van der Waals surface area contributed by atoms with Crippen LogP contribution in [0.3, 0.4) is 0 Å². The van der Waals surface area contributed by atoms with Gasteiger partial charge in [-0.15, -0.1) is 0 Å². The van der Waals surface area contributed by atoms with Gasteiger partial charge in [-0.3, -0.25) is 0 Å². The molecule has 3 heterocycles. The SMILES string of the molecule is CN1[C]N(c2ccc(C3=CC=CC4C3Oc3c(-c5ccc(N6[C]N(C)C=C6)cc5)cccc3C4(C)C)cc2)C=C1. The van der Waals surface area contributed by atoms with Crippen LogP contribution in [-0.4, -0.2) is 30.0 Å². The van der Waals surface area contributed by atoms with Crippen molar-refractivity contribution >= 4 is 16.9 Å². The van der Waals surface area contributed by atoms with Gasteiger partial charge in [-0.25, -0.2) is 0 Å². The number of benzene rings is 3. The van der Waals surface area contributed by atoms with Crippen molar-refractivity contribution in [1.82, 2.24) is 9.80 Å². The number of allylic oxidation sites excluding steroid dienone is 2. The van der Waals surface area contributed by atoms with Crippen molar-refractivity contribution in [3.63, 3.8) is 0 Å². The number of para-hydroxylation sites is 1. The van der Waals surface area contributed by atoms with Crippen LogP contribution in [0.4, 0.5) is 11.4 Å². The highest BCUT2D eigenvalue weighted by Crippen LogP contribution is 2.52. The third-order valence-electron chi connectivity index (χ3n) is 8.36. The van der Waals surface area contributed by atoms with Gasteiger partial charge in [-0.05, 0) is 35.4 Å². The lowest BCUT2D eigenvalue weighted by Gasteiger charge is -2.46. The Morgan fingerprint density at radius 3 is 1.90 bits per heavy atom. The first-order valence-electron chi connectivity index (χ1n) is 13.7. The molecule has 5 nitrogen and oxygen atoms in total. The maximum Gasteiger partial charge on any atom is 0.212 e. The standard InChI is InChI=1S/C35H32N4O/c1-35(2)31-9-5-7-29(25-11-15-27(16-12-25)38-21-19-36(3)23-38)33(31)40-34-30(8-6-10-32(34)35)26-13-17-28(18-14-26)39-22-20-37(4)24-39/h5-22,31,33H,1-4H3. The fourth-order valence-corrected chi connectivity index (χ4v) is 6.10. The van der Waals surface area contributed by atoms with Gasteiger partial charge in [-0.1, -0.05) is 74.5 Å². The summed E-state index contributed by atoms with van der Waals surface area (Å²) in [6, 6.07) is 23.9. The molecule has 0 bridgehead atoms. The second kappa shape index (κ2) is 9.37. The van der Waals surface area contributed by atoms with E-state index < -0.39 is 0 Å². The normalized spacial score (nSPS) is 22.4. The molecule has 1 aliphatic carbocycles. The highest BCUT2D eigenvalue weighted by Gasteiger charge is 2.46. The summed E-state index contributed by atoms with van der Waals surface area (Å²) in [6.07, 6.45) is 14.7. The molecule has 2 atom stereocenters. The van der Waals surface area contributed by atoms with E-state index in [-0.39, 0.29) is 17.4 Å². The van der Waals surface area contributed by atoms with Gasteiger partial charge in [0.1, 0.15) is 11.9 Å². The zero-order chi connectivity index (χ0) is 27.4. The van der Waals surface area contributed by atoms with Crippen LogP contribution >= 0.6 is 0 Å². The van der Waals surface area contributed by atoms with Crippen LogP contribution in [-0.2, 0) is 5.41 Å². The molecule has 198 valence electrons. The smallest absolute Gasteiger partial charge is 0.212 e. The fourth-order valence-electron chi connectivity index (χ4n) is 6.10. The summed E-state index contributed by atoms with van der Waals surface area (Å²) in [5, 5.41) is 0. The zero-order valence-electron chi connectivity index (χ0n) is 23.2. The lowest BCUT2D eigenvalue weighted by molar-refractivity contribution is 0.131. The van der Waals surface area contributed by atoms with Gasteiger partial charge in [-0.2, -0.15) is 0 Å². The molecule has 0 saturated heterocycles. The Labute approximate surface area is 237 Å². The van der Waals surface area contributed by atoms with Crippen LogP contribution in [0.15, 0.2) is 110 Å². The first-order chi connectivity index (χ1) is 19.4. The summed E-state index contributed by atoms with van der Waals surface area (Å²) in [6.45, 7) is 11.2. The monoisotopic (exact) mass is 524 g/mol. The summed E-state index contributed by atoms with van der Waals surface area (Å²) in [4.78, 5) is 7.85. The van der Waals surface area contributed by atoms with Crippen molar-refractivity contribution in [1.29, 1.82) is 0 Å². The van der Waals surface area contributed by atoms with Gasteiger partial charge in [0.2, 0.25) is 13.3 Å². The van der Waals surface area contributed by atoms with Crippen molar-refractivity contribution in [2.75, 3.05) is 23.9 Å². The van der Waals surface area contributed by atoms with Crippen molar-refractivity contribution in [3.8, 4) is 16.9 Å². The maximum absolute atomic E-state index is 7.01. The molecule has 4 radical (unpaired) electrons. The Balaban J connectivity index is 1.22. The largest absolute Gasteiger partial charge is 0.484 e. The van der Waals surface area contributed by atoms with E-state index in [1.807, 2.05) is 58.5 Å². The summed E-state index contributed by atoms with van der Waals surface area (Å²) in [7, 11) is 3.96. The number of hydrogen-bond acceptors (Lipinski definition) is 5. The summed E-state index contributed by atoms with van der Waals surface area (Å²) < 4.78 is 7.01. The lowest BCUT2D eigenvalue weighted by Crippen LogP contribution is -2.45. The van der Waals surface area contributed by atoms with Gasteiger partial charge in [0.25, 0.3) is 0 Å². The first-order valence-corrected chi connectivity index (χ1v) is 13.7. The Morgan fingerprint density at radius 2 is 1.32 bits per heavy atom. The molecule has 0 fully saturated rings. The molecule has 2 unspecified atom stereocenters. The van der Waals surface area contributed by atoms with Crippen LogP contribution in [0.2, 0.25) is 0 Å². The van der Waals surface area contributed by atoms with E-state index in [9.17, 15) is 0 Å². The Bertz CT molecular complexity index is 1550. The molecule has 0 saturated carbocycles. The number of hydrogen-bond donors (Lipinski definition) is 0. The van der Waals surface area contributed by atoms with Crippen LogP contribution in [0, 0.1) is 19.3 Å². The molecule has 3 aromatic rings. The first kappa shape index (κ1) is 24.6. The van der Waals surface area contributed by atoms with E-state index in [1.165, 1.54) is 16.7 Å². The third-order valence-corrected chi connectivity index (χ3v) is 8.36. The zero-order valence-corrected chi connectivity index (χ0v) is 23.2. The van der Waals surface area contributed by atoms with Crippen LogP contribution < -0.4 is 14.5 Å². The highest BCUT2D eigenvalue weighted by molar-refractivity contribution is 5.79. The molecule has 40 heavy (non-hydrogen) atoms. The maximum atomic E-state index is 7.01. The van der Waals surface area contributed by atoms with Gasteiger partial charge >= 0.3 is 0 Å². The summed E-state index contributed by atoms with van der Waals surface area (Å²) >= 11 is 0. The number of ether oxygens (including phenoxy) is 1. The second-order valence-electron chi connectivity index (χ2n) is 11.3. The second-order valence-corrected chi connectivity index (χ2v) is 11.3. The average Bonchev–Trinajstić information content (AvgIpc) is 3.61. The van der Waals surface area contributed by atoms with Crippen LogP contribution in [0.1, 0.15) is 25.0 Å². The van der Waals surface area contributed by atoms with Crippen molar-refractivity contribution < 1.29 is 4.74 Å². The molecular formula is C35H32N4O. The van der Waals surface area contributed by atoms with Crippen molar-refractivity contribution in [3.05, 3.63) is 134 Å². The molecule has 5 heteroatoms. The molecule has 0 spiro atoms. The van der Waals surface area contributed by atoms with Gasteiger partial charge in [0, 0.05) is 78.3 Å². The van der Waals surface area contributed by atoms with Crippen molar-refractivity contribution in [2.24, 2.45) is 5.92 Å². The molecular weight excluding hydrogens is 492 g/mol. The van der Waals surface area contributed by atoms with Gasteiger partial charge in [0.15, 0.2) is 0 Å². The number of nitrogens with zero attached hydrogens (tertiary/aromatic N) is 4. The van der Waals surface area contributed by atoms with Crippen molar-refractivity contribution in [2.45, 2.75) is 25.4 Å². The molecule has 0 aromatic heterocycles. The Hall–Kier alpha value is -4.38. The van der Waals surface area contributed by atoms with Crippen LogP contribution in [0.25, 0.3) is 16.7 Å². The fraction of sp³-hybridized carbons (Fsp3) is 0.200. The highest BCUT2D eigenvalue weighted by atomic mass is 16.5. The third kappa shape index (κ3) is 4.08. The summed E-state index contributed by atoms with van der Waals surface area (Å²) in [5.41, 5.74) is 7.96. The van der Waals surface area contributed by atoms with E-state index in [0.29, 0.717) is 0 Å². The van der Waals surface area contributed by atoms with E-state index in [2.05, 4.69) is 112 Å². The molecule has 4 aliphatic rings. The lowest BCUT2D eigenvalue weighted by atomic mass is 9.65. The molecule has 7 rings (SSSR count). The minimum absolute atomic E-state index is 0.0795. The topological polar surface area (TPSA) is 22.2 Å². The molecule has 0 amide bonds. The average molecular weight is 525 g/mol. The quantitative estimate of drug-likeness (QED) is 0.362. The minimum atomic E-state index is -0.103. The predicted octanol–water partition coefficient (Wildman–Crippen LogP) is 7.10. The minimum Gasteiger partial charge on any atom is -0.484 e. The number of fused-ring (bicyclic) bond motifs is 2. The van der Waals surface area contributed by atoms with E-state index in [4.69, 9.17) is 4.74 Å². The van der Waals surface area contributed by atoms with E-state index in [1.54, 1.807) is 0 Å². The van der Waals surface area contributed by atoms with Crippen LogP contribution in [0.5, 0.6) is 5.75 Å². The van der Waals surface area contributed by atoms with E-state index in [0.717, 1.165) is 28.3 Å². The van der Waals surface area contributed by atoms with Gasteiger partial charge < -0.3 is 24.3 Å². The molecule has 3 aromatic carbocycles. The van der Waals surface area contributed by atoms with E-state index >= 15 is 0 Å². The summed E-state index contributed by atoms with van der Waals surface area (Å²) in [5.74, 6) is 1.20. The number of rotatable bonds is 4. The number of anilines is 2. The predicted molar refractivity (Wildman–Crippen MR) is 162 cm³/mol.